The molecule has 3 aromatic heterocycles. The van der Waals surface area contributed by atoms with E-state index in [9.17, 15) is 4.79 Å². The third-order valence-corrected chi connectivity index (χ3v) is 4.01. The molecule has 8 heteroatoms. The second kappa shape index (κ2) is 6.03. The zero-order chi connectivity index (χ0) is 17.4. The van der Waals surface area contributed by atoms with Gasteiger partial charge in [-0.05, 0) is 25.1 Å². The van der Waals surface area contributed by atoms with Gasteiger partial charge in [0.1, 0.15) is 5.69 Å². The minimum Gasteiger partial charge on any atom is -0.350 e. The Balaban J connectivity index is 1.60. The maximum Gasteiger partial charge on any atom is 0.295 e. The lowest BCUT2D eigenvalue weighted by atomic mass is 10.1. The summed E-state index contributed by atoms with van der Waals surface area (Å²) < 4.78 is 5.14. The number of fused-ring (bicyclic) bond motifs is 1. The van der Waals surface area contributed by atoms with Crippen LogP contribution in [-0.4, -0.2) is 26.2 Å². The monoisotopic (exact) mass is 353 g/mol. The Morgan fingerprint density at radius 3 is 2.92 bits per heavy atom. The Morgan fingerprint density at radius 1 is 1.24 bits per heavy atom. The number of nitrogens with one attached hydrogen (secondary N) is 2. The SMILES string of the molecule is Cc1ccc2c(NC(=O)c3cc(-c4ccccc4Cl)no3)n[nH]c2n1. The summed E-state index contributed by atoms with van der Waals surface area (Å²) in [5.41, 5.74) is 2.63. The summed E-state index contributed by atoms with van der Waals surface area (Å²) in [4.78, 5) is 16.7. The quantitative estimate of drug-likeness (QED) is 0.583. The number of aromatic amines is 1. The third kappa shape index (κ3) is 2.85. The van der Waals surface area contributed by atoms with Crippen molar-refractivity contribution in [1.29, 1.82) is 0 Å². The van der Waals surface area contributed by atoms with Crippen LogP contribution in [0.3, 0.4) is 0 Å². The first-order valence-electron chi connectivity index (χ1n) is 7.46. The number of benzene rings is 1. The van der Waals surface area contributed by atoms with Crippen molar-refractivity contribution in [2.24, 2.45) is 0 Å². The van der Waals surface area contributed by atoms with E-state index in [-0.39, 0.29) is 5.76 Å². The average molecular weight is 354 g/mol. The maximum atomic E-state index is 12.4. The molecule has 0 radical (unpaired) electrons. The first kappa shape index (κ1) is 15.3. The minimum absolute atomic E-state index is 0.0612. The van der Waals surface area contributed by atoms with Gasteiger partial charge in [0.05, 0.1) is 10.4 Å². The van der Waals surface area contributed by atoms with Gasteiger partial charge in [-0.25, -0.2) is 4.98 Å². The van der Waals surface area contributed by atoms with E-state index in [1.807, 2.05) is 31.2 Å². The summed E-state index contributed by atoms with van der Waals surface area (Å²) in [6.07, 6.45) is 0. The largest absolute Gasteiger partial charge is 0.350 e. The van der Waals surface area contributed by atoms with E-state index in [1.54, 1.807) is 12.1 Å². The molecule has 0 spiro atoms. The summed E-state index contributed by atoms with van der Waals surface area (Å²) in [6, 6.07) is 12.4. The molecule has 0 saturated carbocycles. The number of anilines is 1. The fourth-order valence-corrected chi connectivity index (χ4v) is 2.68. The molecule has 0 unspecified atom stereocenters. The number of amides is 1. The summed E-state index contributed by atoms with van der Waals surface area (Å²) in [6.45, 7) is 1.88. The normalized spacial score (nSPS) is 11.0. The van der Waals surface area contributed by atoms with Crippen molar-refractivity contribution < 1.29 is 9.32 Å². The Morgan fingerprint density at radius 2 is 2.08 bits per heavy atom. The number of hydrogen-bond donors (Lipinski definition) is 2. The van der Waals surface area contributed by atoms with Crippen molar-refractivity contribution in [1.82, 2.24) is 20.3 Å². The van der Waals surface area contributed by atoms with E-state index in [1.165, 1.54) is 6.07 Å². The van der Waals surface area contributed by atoms with Gasteiger partial charge in [-0.2, -0.15) is 5.10 Å². The Labute approximate surface area is 147 Å². The molecular weight excluding hydrogens is 342 g/mol. The highest BCUT2D eigenvalue weighted by atomic mass is 35.5. The molecule has 0 fully saturated rings. The second-order valence-electron chi connectivity index (χ2n) is 5.43. The van der Waals surface area contributed by atoms with Crippen molar-refractivity contribution >= 4 is 34.4 Å². The molecule has 4 rings (SSSR count). The predicted octanol–water partition coefficient (Wildman–Crippen LogP) is 3.83. The van der Waals surface area contributed by atoms with Crippen molar-refractivity contribution in [3.63, 3.8) is 0 Å². The minimum atomic E-state index is -0.459. The molecule has 25 heavy (non-hydrogen) atoms. The van der Waals surface area contributed by atoms with Crippen LogP contribution in [-0.2, 0) is 0 Å². The second-order valence-corrected chi connectivity index (χ2v) is 5.84. The van der Waals surface area contributed by atoms with E-state index < -0.39 is 5.91 Å². The van der Waals surface area contributed by atoms with Gasteiger partial charge in [-0.3, -0.25) is 9.89 Å². The van der Waals surface area contributed by atoms with Crippen LogP contribution in [0.15, 0.2) is 47.0 Å². The molecule has 0 aliphatic rings. The molecule has 3 heterocycles. The van der Waals surface area contributed by atoms with Crippen LogP contribution in [0.4, 0.5) is 5.82 Å². The molecule has 0 atom stereocenters. The number of rotatable bonds is 3. The highest BCUT2D eigenvalue weighted by Gasteiger charge is 2.18. The molecule has 2 N–H and O–H groups in total. The molecule has 1 aromatic carbocycles. The van der Waals surface area contributed by atoms with E-state index in [0.29, 0.717) is 33.1 Å². The van der Waals surface area contributed by atoms with E-state index >= 15 is 0 Å². The summed E-state index contributed by atoms with van der Waals surface area (Å²) in [5, 5.41) is 14.7. The Kier molecular flexibility index (Phi) is 3.70. The van der Waals surface area contributed by atoms with Crippen molar-refractivity contribution in [3.05, 3.63) is 58.9 Å². The molecule has 4 aromatic rings. The van der Waals surface area contributed by atoms with Crippen LogP contribution in [0.5, 0.6) is 0 Å². The summed E-state index contributed by atoms with van der Waals surface area (Å²) in [7, 11) is 0. The number of aryl methyl sites for hydroxylation is 1. The number of carbonyl (C=O) groups is 1. The fraction of sp³-hybridized carbons (Fsp3) is 0.0588. The van der Waals surface area contributed by atoms with Crippen molar-refractivity contribution in [2.75, 3.05) is 5.32 Å². The van der Waals surface area contributed by atoms with Crippen LogP contribution in [0.25, 0.3) is 22.3 Å². The lowest BCUT2D eigenvalue weighted by Crippen LogP contribution is -2.11. The third-order valence-electron chi connectivity index (χ3n) is 3.68. The van der Waals surface area contributed by atoms with Gasteiger partial charge < -0.3 is 9.84 Å². The van der Waals surface area contributed by atoms with Crippen LogP contribution in [0, 0.1) is 6.92 Å². The lowest BCUT2D eigenvalue weighted by molar-refractivity contribution is 0.0987. The molecule has 124 valence electrons. The number of H-pyrrole nitrogens is 1. The first-order valence-corrected chi connectivity index (χ1v) is 7.84. The zero-order valence-corrected chi connectivity index (χ0v) is 13.8. The number of hydrogen-bond acceptors (Lipinski definition) is 5. The van der Waals surface area contributed by atoms with Gasteiger partial charge in [0, 0.05) is 17.3 Å². The molecule has 1 amide bonds. The van der Waals surface area contributed by atoms with Gasteiger partial charge in [0.25, 0.3) is 5.91 Å². The van der Waals surface area contributed by atoms with E-state index in [0.717, 1.165) is 5.69 Å². The predicted molar refractivity (Wildman–Crippen MR) is 93.5 cm³/mol. The van der Waals surface area contributed by atoms with Crippen LogP contribution in [0.1, 0.15) is 16.2 Å². The van der Waals surface area contributed by atoms with Gasteiger partial charge in [-0.1, -0.05) is 35.0 Å². The molecule has 0 aliphatic carbocycles. The van der Waals surface area contributed by atoms with Crippen molar-refractivity contribution in [2.45, 2.75) is 6.92 Å². The number of halogens is 1. The van der Waals surface area contributed by atoms with Gasteiger partial charge in [0.15, 0.2) is 11.5 Å². The molecule has 0 bridgehead atoms. The van der Waals surface area contributed by atoms with Crippen LogP contribution < -0.4 is 5.32 Å². The Hall–Kier alpha value is -3.19. The van der Waals surface area contributed by atoms with Gasteiger partial charge in [0.2, 0.25) is 5.76 Å². The Bertz CT molecular complexity index is 1090. The smallest absolute Gasteiger partial charge is 0.295 e. The van der Waals surface area contributed by atoms with E-state index in [4.69, 9.17) is 16.1 Å². The molecule has 0 aliphatic heterocycles. The van der Waals surface area contributed by atoms with Gasteiger partial charge in [-0.15, -0.1) is 0 Å². The summed E-state index contributed by atoms with van der Waals surface area (Å²) >= 11 is 6.14. The van der Waals surface area contributed by atoms with Crippen molar-refractivity contribution in [3.8, 4) is 11.3 Å². The number of nitrogens with zero attached hydrogens (tertiary/aromatic N) is 3. The highest BCUT2D eigenvalue weighted by Crippen LogP contribution is 2.27. The highest BCUT2D eigenvalue weighted by molar-refractivity contribution is 6.33. The average Bonchev–Trinajstić information content (AvgIpc) is 3.23. The number of carbonyl (C=O) groups excluding carboxylic acids is 1. The van der Waals surface area contributed by atoms with Gasteiger partial charge >= 0.3 is 0 Å². The first-order chi connectivity index (χ1) is 12.1. The molecule has 7 nitrogen and oxygen atoms in total. The molecule has 0 saturated heterocycles. The van der Waals surface area contributed by atoms with E-state index in [2.05, 4.69) is 25.7 Å². The molecular formula is C17H12ClN5O2. The topological polar surface area (TPSA) is 96.7 Å². The number of pyridine rings is 1. The van der Waals surface area contributed by atoms with Crippen LogP contribution in [0.2, 0.25) is 5.02 Å². The standard InChI is InChI=1S/C17H12ClN5O2/c1-9-6-7-11-15(19-9)21-22-16(11)20-17(24)14-8-13(23-25-14)10-4-2-3-5-12(10)18/h2-8H,1H3,(H2,19,20,21,22,24). The zero-order valence-electron chi connectivity index (χ0n) is 13.1. The summed E-state index contributed by atoms with van der Waals surface area (Å²) in [5.74, 6) is -0.0193. The fourth-order valence-electron chi connectivity index (χ4n) is 2.44. The lowest BCUT2D eigenvalue weighted by Gasteiger charge is -1.99. The van der Waals surface area contributed by atoms with Crippen LogP contribution >= 0.6 is 11.6 Å². The number of aromatic nitrogens is 4. The maximum absolute atomic E-state index is 12.4.